The quantitative estimate of drug-likeness (QED) is 0.204. The third-order valence-electron chi connectivity index (χ3n) is 7.44. The van der Waals surface area contributed by atoms with Gasteiger partial charge in [-0.05, 0) is 0 Å². The van der Waals surface area contributed by atoms with Crippen LogP contribution in [-0.2, 0) is 24.4 Å². The molecule has 0 spiro atoms. The molecule has 0 saturated carbocycles. The third-order valence-corrected chi connectivity index (χ3v) is 14.2. The van der Waals surface area contributed by atoms with Crippen molar-refractivity contribution in [2.75, 3.05) is 0 Å². The molecule has 4 aromatic rings. The van der Waals surface area contributed by atoms with E-state index in [1.54, 1.807) is 27.1 Å². The van der Waals surface area contributed by atoms with Gasteiger partial charge < -0.3 is 24.8 Å². The van der Waals surface area contributed by atoms with Gasteiger partial charge in [0.25, 0.3) is 0 Å². The fourth-order valence-corrected chi connectivity index (χ4v) is 13.2. The van der Waals surface area contributed by atoms with Crippen molar-refractivity contribution in [2.24, 2.45) is 0 Å². The van der Waals surface area contributed by atoms with Gasteiger partial charge in [0, 0.05) is 0 Å². The predicted molar refractivity (Wildman–Crippen MR) is 133 cm³/mol. The molecule has 3 aliphatic rings. The van der Waals surface area contributed by atoms with Gasteiger partial charge in [-0.3, -0.25) is 0 Å². The van der Waals surface area contributed by atoms with Crippen LogP contribution >= 0.6 is 0 Å². The van der Waals surface area contributed by atoms with Crippen LogP contribution in [0.15, 0.2) is 109 Å². The van der Waals surface area contributed by atoms with E-state index in [4.69, 9.17) is 0 Å². The van der Waals surface area contributed by atoms with Crippen molar-refractivity contribution < 1.29 is 49.2 Å². The molecule has 0 radical (unpaired) electrons. The van der Waals surface area contributed by atoms with E-state index in [9.17, 15) is 0 Å². The van der Waals surface area contributed by atoms with Gasteiger partial charge in [0.2, 0.25) is 0 Å². The number of rotatable bonds is 3. The maximum absolute atomic E-state index is 2.60. The summed E-state index contributed by atoms with van der Waals surface area (Å²) in [4.78, 5) is 0. The fraction of sp³-hybridized carbons (Fsp3) is 0.0667. The molecule has 163 valence electrons. The number of fused-ring (bicyclic) bond motifs is 4. The Balaban J connectivity index is 0.00000120. The van der Waals surface area contributed by atoms with Crippen LogP contribution in [0.2, 0.25) is 0 Å². The van der Waals surface area contributed by atoms with Crippen molar-refractivity contribution in [3.63, 3.8) is 0 Å². The van der Waals surface area contributed by atoms with Crippen LogP contribution in [-0.4, -0.2) is 8.07 Å². The van der Waals surface area contributed by atoms with Gasteiger partial charge in [-0.25, -0.2) is 0 Å². The van der Waals surface area contributed by atoms with E-state index in [1.165, 1.54) is 27.1 Å². The Kier molecular flexibility index (Phi) is 6.23. The third kappa shape index (κ3) is 3.12. The molecule has 1 unspecified atom stereocenters. The number of hydrogen-bond acceptors (Lipinski definition) is 0. The number of hydrogen-bond donors (Lipinski definition) is 0. The molecule has 7 rings (SSSR count). The van der Waals surface area contributed by atoms with E-state index in [0.717, 1.165) is 30.8 Å². The second-order valence-corrected chi connectivity index (χ2v) is 14.7. The van der Waals surface area contributed by atoms with E-state index in [1.807, 2.05) is 0 Å². The molecule has 4 heteroatoms. The summed E-state index contributed by atoms with van der Waals surface area (Å²) in [6.45, 7) is 0. The zero-order chi connectivity index (χ0) is 21.3. The minimum absolute atomic E-state index is 0. The summed E-state index contributed by atoms with van der Waals surface area (Å²) in [5.41, 5.74) is 9.25. The van der Waals surface area contributed by atoms with Crippen LogP contribution in [0.5, 0.6) is 0 Å². The normalized spacial score (nSPS) is 17.6. The van der Waals surface area contributed by atoms with E-state index in [0.29, 0.717) is 3.67 Å². The average molecular weight is 659 g/mol. The molecule has 34 heavy (non-hydrogen) atoms. The molecule has 1 aliphatic heterocycles. The first-order valence-electron chi connectivity index (χ1n) is 11.3. The number of allylic oxidation sites excluding steroid dienone is 4. The molecular weight excluding hydrogens is 638 g/mol. The average Bonchev–Trinajstić information content (AvgIpc) is 3.12. The van der Waals surface area contributed by atoms with Crippen molar-refractivity contribution in [1.29, 1.82) is 0 Å². The zero-order valence-corrected chi connectivity index (χ0v) is 24.5. The molecular formula is C30H21Cl2HfSi. The van der Waals surface area contributed by atoms with Crippen LogP contribution < -0.4 is 45.6 Å². The van der Waals surface area contributed by atoms with Crippen molar-refractivity contribution in [3.05, 3.63) is 126 Å². The summed E-state index contributed by atoms with van der Waals surface area (Å²) in [6, 6.07) is 34.4. The van der Waals surface area contributed by atoms with E-state index >= 15 is 0 Å². The molecule has 0 fully saturated rings. The van der Waals surface area contributed by atoms with Crippen molar-refractivity contribution in [3.8, 4) is 11.1 Å². The Bertz CT molecular complexity index is 1420. The molecule has 4 aromatic carbocycles. The zero-order valence-electron chi connectivity index (χ0n) is 18.4. The Morgan fingerprint density at radius 2 is 1.35 bits per heavy atom. The molecule has 1 heterocycles. The van der Waals surface area contributed by atoms with Crippen molar-refractivity contribution in [1.82, 2.24) is 0 Å². The van der Waals surface area contributed by atoms with Gasteiger partial charge in [0.1, 0.15) is 0 Å². The van der Waals surface area contributed by atoms with Crippen LogP contribution in [0, 0.1) is 0 Å². The summed E-state index contributed by atoms with van der Waals surface area (Å²) in [5.74, 6) is 0. The predicted octanol–water partition coefficient (Wildman–Crippen LogP) is -1.65. The van der Waals surface area contributed by atoms with E-state index in [-0.39, 0.29) is 24.8 Å². The fourth-order valence-electron chi connectivity index (χ4n) is 6.08. The Morgan fingerprint density at radius 1 is 0.735 bits per heavy atom. The van der Waals surface area contributed by atoms with Gasteiger partial charge >= 0.3 is 206 Å². The second-order valence-electron chi connectivity index (χ2n) is 8.96. The summed E-state index contributed by atoms with van der Waals surface area (Å²) in [5, 5.41) is 6.35. The van der Waals surface area contributed by atoms with Crippen LogP contribution in [0.1, 0.15) is 26.8 Å². The Morgan fingerprint density at radius 3 is 1.97 bits per heavy atom. The monoisotopic (exact) mass is 659 g/mol. The molecule has 0 N–H and O–H groups in total. The minimum atomic E-state index is -2.10. The SMILES string of the molecule is [Cl-].[Cl-].[Hf+2][CH]1c2ccccc2-c2cc3c(c(C4=CC=CC4)c21)[Si]3(c1ccccc1)c1ccccc1. The second kappa shape index (κ2) is 8.91. The first-order valence-corrected chi connectivity index (χ1v) is 15.4. The molecule has 0 nitrogen and oxygen atoms in total. The molecule has 0 amide bonds. The summed E-state index contributed by atoms with van der Waals surface area (Å²) < 4.78 is 0.571. The van der Waals surface area contributed by atoms with E-state index < -0.39 is 8.07 Å². The molecule has 0 saturated heterocycles. The van der Waals surface area contributed by atoms with Gasteiger partial charge in [-0.15, -0.1) is 0 Å². The molecule has 1 atom stereocenters. The first kappa shape index (κ1) is 23.8. The van der Waals surface area contributed by atoms with E-state index in [2.05, 4.69) is 109 Å². The molecule has 2 aliphatic carbocycles. The van der Waals surface area contributed by atoms with Gasteiger partial charge in [-0.1, -0.05) is 0 Å². The number of benzene rings is 4. The summed E-state index contributed by atoms with van der Waals surface area (Å²) >= 11 is 1.14. The van der Waals surface area contributed by atoms with Crippen LogP contribution in [0.3, 0.4) is 0 Å². The summed E-state index contributed by atoms with van der Waals surface area (Å²) in [6.07, 6.45) is 8.01. The Hall–Kier alpha value is -1.97. The molecule has 0 aromatic heterocycles. The topological polar surface area (TPSA) is 0 Å². The van der Waals surface area contributed by atoms with Crippen molar-refractivity contribution >= 4 is 34.4 Å². The van der Waals surface area contributed by atoms with Gasteiger partial charge in [0.15, 0.2) is 0 Å². The molecule has 0 bridgehead atoms. The van der Waals surface area contributed by atoms with Gasteiger partial charge in [-0.2, -0.15) is 0 Å². The van der Waals surface area contributed by atoms with Crippen LogP contribution in [0.4, 0.5) is 0 Å². The van der Waals surface area contributed by atoms with Crippen LogP contribution in [0.25, 0.3) is 16.7 Å². The first-order chi connectivity index (χ1) is 15.8. The summed E-state index contributed by atoms with van der Waals surface area (Å²) in [7, 11) is -2.10. The van der Waals surface area contributed by atoms with Gasteiger partial charge in [0.05, 0.1) is 0 Å². The Labute approximate surface area is 229 Å². The maximum atomic E-state index is 2.60. The number of halogens is 2. The van der Waals surface area contributed by atoms with Crippen molar-refractivity contribution in [2.45, 2.75) is 10.1 Å². The standard InChI is InChI=1S/C30H21Si.2ClH.Hf/c1-3-14-23(15-4-1)31(24-16-5-2-6-17-24)28-20-26-25-18-10-9-13-22(25)19-27(26)29(30(28)31)21-11-7-8-12-21;;;/h1-11,13-20H,12H2;2*1H;/q;;;+2/p-2.